The molecule has 2 N–H and O–H groups in total. The highest BCUT2D eigenvalue weighted by Gasteiger charge is 2.39. The van der Waals surface area contributed by atoms with Crippen LogP contribution >= 0.6 is 15.9 Å². The number of nitrogens with zero attached hydrogens (tertiary/aromatic N) is 1. The molecule has 0 unspecified atom stereocenters. The number of likely N-dealkylation sites (tertiary alicyclic amines) is 1. The minimum atomic E-state index is -0.237. The van der Waals surface area contributed by atoms with Crippen LogP contribution in [0.4, 0.5) is 0 Å². The summed E-state index contributed by atoms with van der Waals surface area (Å²) in [6.45, 7) is 2.59. The van der Waals surface area contributed by atoms with E-state index in [9.17, 15) is 4.79 Å². The van der Waals surface area contributed by atoms with Gasteiger partial charge in [0.25, 0.3) is 0 Å². The van der Waals surface area contributed by atoms with Gasteiger partial charge in [0.1, 0.15) is 5.75 Å². The van der Waals surface area contributed by atoms with Gasteiger partial charge in [0, 0.05) is 28.4 Å². The normalized spacial score (nSPS) is 17.0. The van der Waals surface area contributed by atoms with Crippen molar-refractivity contribution in [2.45, 2.75) is 24.7 Å². The molecular weight excluding hydrogens is 392 g/mol. The van der Waals surface area contributed by atoms with Crippen LogP contribution in [-0.4, -0.2) is 37.6 Å². The van der Waals surface area contributed by atoms with Crippen LogP contribution in [-0.2, 0) is 10.2 Å². The van der Waals surface area contributed by atoms with Gasteiger partial charge in [-0.3, -0.25) is 4.79 Å². The third-order valence-electron chi connectivity index (χ3n) is 5.39. The van der Waals surface area contributed by atoms with Gasteiger partial charge in [-0.15, -0.1) is 0 Å². The highest BCUT2D eigenvalue weighted by Crippen LogP contribution is 2.46. The van der Waals surface area contributed by atoms with Crippen molar-refractivity contribution < 1.29 is 9.53 Å². The van der Waals surface area contributed by atoms with Gasteiger partial charge in [-0.1, -0.05) is 46.3 Å². The Labute approximate surface area is 163 Å². The Morgan fingerprint density at radius 2 is 1.88 bits per heavy atom. The number of ether oxygens (including phenoxy) is 1. The van der Waals surface area contributed by atoms with Gasteiger partial charge in [0.05, 0.1) is 7.11 Å². The van der Waals surface area contributed by atoms with Crippen molar-refractivity contribution in [2.24, 2.45) is 5.73 Å². The summed E-state index contributed by atoms with van der Waals surface area (Å²) in [5.74, 6) is 0.682. The van der Waals surface area contributed by atoms with Crippen LogP contribution in [0.3, 0.4) is 0 Å². The Kier molecular flexibility index (Phi) is 5.99. The quantitative estimate of drug-likeness (QED) is 0.780. The summed E-state index contributed by atoms with van der Waals surface area (Å²) < 4.78 is 6.77. The molecule has 0 bridgehead atoms. The molecule has 0 radical (unpaired) electrons. The number of hydrogen-bond donors (Lipinski definition) is 1. The fourth-order valence-corrected chi connectivity index (χ4v) is 4.31. The number of carbonyl (C=O) groups is 1. The molecule has 1 amide bonds. The molecule has 2 aromatic carbocycles. The van der Waals surface area contributed by atoms with Gasteiger partial charge < -0.3 is 15.4 Å². The molecule has 1 aliphatic rings. The first-order chi connectivity index (χ1) is 12.5. The molecule has 4 nitrogen and oxygen atoms in total. The molecule has 0 atom stereocenters. The van der Waals surface area contributed by atoms with Crippen molar-refractivity contribution in [2.75, 3.05) is 26.7 Å². The van der Waals surface area contributed by atoms with Crippen LogP contribution in [0.2, 0.25) is 0 Å². The van der Waals surface area contributed by atoms with Crippen LogP contribution in [0.25, 0.3) is 0 Å². The molecule has 3 rings (SSSR count). The first-order valence-corrected chi connectivity index (χ1v) is 9.75. The Bertz CT molecular complexity index is 756. The third kappa shape index (κ3) is 3.94. The van der Waals surface area contributed by atoms with Gasteiger partial charge in [-0.25, -0.2) is 0 Å². The Morgan fingerprint density at radius 1 is 1.19 bits per heavy atom. The van der Waals surface area contributed by atoms with Crippen LogP contribution in [0.15, 0.2) is 53.0 Å². The van der Waals surface area contributed by atoms with Crippen molar-refractivity contribution in [3.8, 4) is 5.75 Å². The van der Waals surface area contributed by atoms with E-state index in [2.05, 4.69) is 57.2 Å². The lowest BCUT2D eigenvalue weighted by atomic mass is 9.67. The second kappa shape index (κ2) is 8.23. The van der Waals surface area contributed by atoms with E-state index in [1.165, 1.54) is 11.1 Å². The topological polar surface area (TPSA) is 55.6 Å². The zero-order valence-corrected chi connectivity index (χ0v) is 16.7. The largest absolute Gasteiger partial charge is 0.496 e. The van der Waals surface area contributed by atoms with Gasteiger partial charge in [0.15, 0.2) is 0 Å². The van der Waals surface area contributed by atoms with Crippen molar-refractivity contribution in [1.82, 2.24) is 4.90 Å². The standard InChI is InChI=1S/C21H25BrN2O2/c1-26-19-8-7-17(22)15-18(19)21(16-5-3-2-4-6-16)10-13-24(14-11-21)12-9-20(23)25/h2-8,15H,9-14H2,1H3,(H2,23,25). The SMILES string of the molecule is COc1ccc(Br)cc1C1(c2ccccc2)CCN(CCC(N)=O)CC1. The molecule has 2 aromatic rings. The lowest BCUT2D eigenvalue weighted by Gasteiger charge is -2.43. The van der Waals surface area contributed by atoms with Crippen LogP contribution in [0.1, 0.15) is 30.4 Å². The average Bonchev–Trinajstić information content (AvgIpc) is 2.67. The summed E-state index contributed by atoms with van der Waals surface area (Å²) >= 11 is 3.62. The highest BCUT2D eigenvalue weighted by atomic mass is 79.9. The fourth-order valence-electron chi connectivity index (χ4n) is 3.95. The Balaban J connectivity index is 1.96. The molecular formula is C21H25BrN2O2. The van der Waals surface area contributed by atoms with Gasteiger partial charge in [0.2, 0.25) is 5.91 Å². The molecule has 1 aliphatic heterocycles. The van der Waals surface area contributed by atoms with E-state index in [0.29, 0.717) is 6.42 Å². The second-order valence-corrected chi connectivity index (χ2v) is 7.77. The van der Waals surface area contributed by atoms with E-state index in [0.717, 1.165) is 42.7 Å². The number of primary amides is 1. The first kappa shape index (κ1) is 18.9. The molecule has 0 saturated carbocycles. The summed E-state index contributed by atoms with van der Waals surface area (Å²) in [5, 5.41) is 0. The average molecular weight is 417 g/mol. The van der Waals surface area contributed by atoms with E-state index in [1.807, 2.05) is 12.1 Å². The second-order valence-electron chi connectivity index (χ2n) is 6.85. The zero-order chi connectivity index (χ0) is 18.6. The van der Waals surface area contributed by atoms with Crippen LogP contribution in [0.5, 0.6) is 5.75 Å². The zero-order valence-electron chi connectivity index (χ0n) is 15.1. The molecule has 26 heavy (non-hydrogen) atoms. The maximum atomic E-state index is 11.1. The number of nitrogens with two attached hydrogens (primary N) is 1. The van der Waals surface area contributed by atoms with Crippen molar-refractivity contribution >= 4 is 21.8 Å². The van der Waals surface area contributed by atoms with Crippen molar-refractivity contribution in [3.63, 3.8) is 0 Å². The molecule has 1 fully saturated rings. The Hall–Kier alpha value is -1.85. The smallest absolute Gasteiger partial charge is 0.218 e. The van der Waals surface area contributed by atoms with E-state index < -0.39 is 0 Å². The molecule has 1 heterocycles. The van der Waals surface area contributed by atoms with Gasteiger partial charge in [-0.2, -0.15) is 0 Å². The predicted octanol–water partition coefficient (Wildman–Crippen LogP) is 3.72. The third-order valence-corrected chi connectivity index (χ3v) is 5.88. The van der Waals surface area contributed by atoms with Crippen molar-refractivity contribution in [3.05, 3.63) is 64.1 Å². The monoisotopic (exact) mass is 416 g/mol. The lowest BCUT2D eigenvalue weighted by molar-refractivity contribution is -0.118. The van der Waals surface area contributed by atoms with Crippen molar-refractivity contribution in [1.29, 1.82) is 0 Å². The number of halogens is 1. The summed E-state index contributed by atoms with van der Waals surface area (Å²) in [4.78, 5) is 13.4. The fraction of sp³-hybridized carbons (Fsp3) is 0.381. The first-order valence-electron chi connectivity index (χ1n) is 8.95. The molecule has 0 aliphatic carbocycles. The summed E-state index contributed by atoms with van der Waals surface area (Å²) in [6.07, 6.45) is 2.36. The molecule has 0 spiro atoms. The van der Waals surface area contributed by atoms with E-state index in [4.69, 9.17) is 10.5 Å². The number of piperidine rings is 1. The summed E-state index contributed by atoms with van der Waals surface area (Å²) in [6, 6.07) is 16.9. The van der Waals surface area contributed by atoms with E-state index in [-0.39, 0.29) is 11.3 Å². The molecule has 138 valence electrons. The van der Waals surface area contributed by atoms with E-state index in [1.54, 1.807) is 7.11 Å². The lowest BCUT2D eigenvalue weighted by Crippen LogP contribution is -2.44. The van der Waals surface area contributed by atoms with E-state index >= 15 is 0 Å². The van der Waals surface area contributed by atoms with Crippen LogP contribution in [0, 0.1) is 0 Å². The summed E-state index contributed by atoms with van der Waals surface area (Å²) in [5.41, 5.74) is 7.74. The highest BCUT2D eigenvalue weighted by molar-refractivity contribution is 9.10. The predicted molar refractivity (Wildman–Crippen MR) is 107 cm³/mol. The van der Waals surface area contributed by atoms with Crippen LogP contribution < -0.4 is 10.5 Å². The molecule has 5 heteroatoms. The number of hydrogen-bond acceptors (Lipinski definition) is 3. The number of rotatable bonds is 6. The van der Waals surface area contributed by atoms with Gasteiger partial charge >= 0.3 is 0 Å². The van der Waals surface area contributed by atoms with Gasteiger partial charge in [-0.05, 0) is 49.7 Å². The maximum absolute atomic E-state index is 11.1. The summed E-state index contributed by atoms with van der Waals surface area (Å²) in [7, 11) is 1.73. The number of amides is 1. The molecule has 0 aromatic heterocycles. The molecule has 1 saturated heterocycles. The maximum Gasteiger partial charge on any atom is 0.218 e. The number of carbonyl (C=O) groups excluding carboxylic acids is 1. The number of methoxy groups -OCH3 is 1. The number of benzene rings is 2. The Morgan fingerprint density at radius 3 is 2.50 bits per heavy atom. The minimum absolute atomic E-state index is 0.0976. The minimum Gasteiger partial charge on any atom is -0.496 e.